The average Bonchev–Trinajstić information content (AvgIpc) is 3.17. The summed E-state index contributed by atoms with van der Waals surface area (Å²) in [5.74, 6) is -0.511. The third kappa shape index (κ3) is 4.15. The van der Waals surface area contributed by atoms with E-state index in [2.05, 4.69) is 21.2 Å². The number of esters is 1. The number of carbonyl (C=O) groups excluding carboxylic acids is 2. The van der Waals surface area contributed by atoms with Crippen molar-refractivity contribution in [3.05, 3.63) is 36.8 Å². The van der Waals surface area contributed by atoms with Gasteiger partial charge in [0.05, 0.1) is 16.5 Å². The molecule has 134 valence electrons. The molecule has 0 aromatic carbocycles. The first-order chi connectivity index (χ1) is 12.0. The molecule has 0 fully saturated rings. The van der Waals surface area contributed by atoms with Crippen LogP contribution in [0, 0.1) is 0 Å². The maximum absolute atomic E-state index is 12.7. The number of carbonyl (C=O) groups is 2. The highest BCUT2D eigenvalue weighted by molar-refractivity contribution is 9.10. The molecular weight excluding hydrogens is 422 g/mol. The minimum Gasteiger partial charge on any atom is -0.459 e. The highest BCUT2D eigenvalue weighted by Crippen LogP contribution is 2.39. The number of nitrogens with one attached hydrogen (secondary N) is 1. The Balaban J connectivity index is 1.91. The van der Waals surface area contributed by atoms with Crippen LogP contribution in [0.2, 0.25) is 0 Å². The van der Waals surface area contributed by atoms with Crippen LogP contribution in [-0.4, -0.2) is 18.0 Å². The molecule has 7 heteroatoms. The number of hydrogen-bond acceptors (Lipinski definition) is 5. The summed E-state index contributed by atoms with van der Waals surface area (Å²) in [6, 6.07) is 1.78. The van der Waals surface area contributed by atoms with Crippen molar-refractivity contribution < 1.29 is 14.3 Å². The van der Waals surface area contributed by atoms with Crippen molar-refractivity contribution in [2.75, 3.05) is 5.32 Å². The van der Waals surface area contributed by atoms with E-state index in [1.165, 1.54) is 27.6 Å². The number of thiophene rings is 2. The van der Waals surface area contributed by atoms with Gasteiger partial charge in [0.1, 0.15) is 5.00 Å². The van der Waals surface area contributed by atoms with Crippen LogP contribution in [0.25, 0.3) is 0 Å². The van der Waals surface area contributed by atoms with Crippen molar-refractivity contribution in [3.63, 3.8) is 0 Å². The molecule has 2 heterocycles. The van der Waals surface area contributed by atoms with Crippen molar-refractivity contribution in [3.8, 4) is 0 Å². The minimum atomic E-state index is -0.323. The van der Waals surface area contributed by atoms with Crippen LogP contribution in [0.4, 0.5) is 5.00 Å². The Morgan fingerprint density at radius 2 is 2.12 bits per heavy atom. The topological polar surface area (TPSA) is 55.4 Å². The Labute approximate surface area is 163 Å². The fourth-order valence-electron chi connectivity index (χ4n) is 2.79. The smallest absolute Gasteiger partial charge is 0.341 e. The molecule has 0 aliphatic heterocycles. The second kappa shape index (κ2) is 8.01. The van der Waals surface area contributed by atoms with Gasteiger partial charge in [0, 0.05) is 14.7 Å². The Hall–Kier alpha value is -1.18. The lowest BCUT2D eigenvalue weighted by Crippen LogP contribution is -2.18. The normalized spacial score (nSPS) is 14.7. The van der Waals surface area contributed by atoms with Gasteiger partial charge in [-0.15, -0.1) is 22.7 Å². The van der Waals surface area contributed by atoms with E-state index < -0.39 is 0 Å². The van der Waals surface area contributed by atoms with E-state index in [0.29, 0.717) is 15.4 Å². The number of halogens is 1. The number of anilines is 1. The molecule has 3 rings (SSSR count). The monoisotopic (exact) mass is 441 g/mol. The summed E-state index contributed by atoms with van der Waals surface area (Å²) in [7, 11) is 0. The van der Waals surface area contributed by atoms with Crippen molar-refractivity contribution in [1.29, 1.82) is 0 Å². The second-order valence-corrected chi connectivity index (χ2v) is 9.05. The molecule has 0 bridgehead atoms. The van der Waals surface area contributed by atoms with Gasteiger partial charge in [-0.1, -0.05) is 6.92 Å². The molecule has 1 unspecified atom stereocenters. The molecule has 1 N–H and O–H groups in total. The highest BCUT2D eigenvalue weighted by Gasteiger charge is 2.28. The summed E-state index contributed by atoms with van der Waals surface area (Å²) < 4.78 is 6.43. The van der Waals surface area contributed by atoms with E-state index in [0.717, 1.165) is 42.1 Å². The number of hydrogen-bond donors (Lipinski definition) is 1. The van der Waals surface area contributed by atoms with Crippen molar-refractivity contribution in [2.24, 2.45) is 0 Å². The largest absolute Gasteiger partial charge is 0.459 e. The summed E-state index contributed by atoms with van der Waals surface area (Å²) in [6.07, 6.45) is 4.66. The Bertz CT molecular complexity index is 796. The van der Waals surface area contributed by atoms with E-state index in [1.807, 2.05) is 19.2 Å². The zero-order valence-corrected chi connectivity index (χ0v) is 17.4. The van der Waals surface area contributed by atoms with E-state index in [1.54, 1.807) is 6.07 Å². The first-order valence-electron chi connectivity index (χ1n) is 8.40. The number of ether oxygens (including phenoxy) is 1. The van der Waals surface area contributed by atoms with Crippen molar-refractivity contribution >= 4 is 55.5 Å². The van der Waals surface area contributed by atoms with Crippen LogP contribution in [0.15, 0.2) is 15.9 Å². The number of fused-ring (bicyclic) bond motifs is 1. The van der Waals surface area contributed by atoms with Crippen molar-refractivity contribution in [1.82, 2.24) is 0 Å². The van der Waals surface area contributed by atoms with Crippen molar-refractivity contribution in [2.45, 2.75) is 52.1 Å². The quantitative estimate of drug-likeness (QED) is 0.608. The zero-order valence-electron chi connectivity index (χ0n) is 14.2. The zero-order chi connectivity index (χ0) is 18.0. The van der Waals surface area contributed by atoms with Gasteiger partial charge in [-0.3, -0.25) is 4.79 Å². The fourth-order valence-corrected chi connectivity index (χ4v) is 5.39. The summed E-state index contributed by atoms with van der Waals surface area (Å²) in [5, 5.41) is 5.43. The van der Waals surface area contributed by atoms with Gasteiger partial charge in [-0.2, -0.15) is 0 Å². The van der Waals surface area contributed by atoms with Gasteiger partial charge >= 0.3 is 5.97 Å². The molecule has 1 aliphatic carbocycles. The molecule has 2 aromatic rings. The van der Waals surface area contributed by atoms with Gasteiger partial charge in [0.2, 0.25) is 0 Å². The summed E-state index contributed by atoms with van der Waals surface area (Å²) in [6.45, 7) is 3.87. The maximum Gasteiger partial charge on any atom is 0.341 e. The molecule has 0 saturated heterocycles. The van der Waals surface area contributed by atoms with Crippen LogP contribution in [-0.2, 0) is 17.6 Å². The maximum atomic E-state index is 12.7. The molecule has 0 radical (unpaired) electrons. The second-order valence-electron chi connectivity index (χ2n) is 6.12. The van der Waals surface area contributed by atoms with Crippen LogP contribution in [0.5, 0.6) is 0 Å². The first-order valence-corrected chi connectivity index (χ1v) is 10.9. The predicted molar refractivity (Wildman–Crippen MR) is 106 cm³/mol. The third-order valence-electron chi connectivity index (χ3n) is 4.28. The number of rotatable bonds is 5. The summed E-state index contributed by atoms with van der Waals surface area (Å²) >= 11 is 6.25. The standard InChI is InChI=1S/C18H20BrNO3S2/c1-3-10(2)23-18(22)15-12-6-4-5-7-13(12)25-17(15)20-16(21)14-8-11(19)9-24-14/h8-10H,3-7H2,1-2H3,(H,20,21). The average molecular weight is 442 g/mol. The predicted octanol–water partition coefficient (Wildman–Crippen LogP) is 5.66. The van der Waals surface area contributed by atoms with Crippen LogP contribution in [0.3, 0.4) is 0 Å². The molecule has 1 atom stereocenters. The molecule has 4 nitrogen and oxygen atoms in total. The van der Waals surface area contributed by atoms with Crippen LogP contribution >= 0.6 is 38.6 Å². The Kier molecular flexibility index (Phi) is 5.96. The fraction of sp³-hybridized carbons (Fsp3) is 0.444. The Morgan fingerprint density at radius 3 is 2.80 bits per heavy atom. The number of aryl methyl sites for hydroxylation is 1. The van der Waals surface area contributed by atoms with E-state index >= 15 is 0 Å². The van der Waals surface area contributed by atoms with Crippen LogP contribution in [0.1, 0.15) is 63.6 Å². The lowest BCUT2D eigenvalue weighted by atomic mass is 9.95. The molecular formula is C18H20BrNO3S2. The van der Waals surface area contributed by atoms with E-state index in [9.17, 15) is 9.59 Å². The molecule has 0 saturated carbocycles. The number of amides is 1. The van der Waals surface area contributed by atoms with E-state index in [4.69, 9.17) is 4.74 Å². The molecule has 1 aliphatic rings. The summed E-state index contributed by atoms with van der Waals surface area (Å²) in [5.41, 5.74) is 1.62. The molecule has 0 spiro atoms. The summed E-state index contributed by atoms with van der Waals surface area (Å²) in [4.78, 5) is 27.1. The third-order valence-corrected chi connectivity index (χ3v) is 7.17. The first kappa shape index (κ1) is 18.6. The minimum absolute atomic E-state index is 0.136. The van der Waals surface area contributed by atoms with Gasteiger partial charge in [-0.25, -0.2) is 4.79 Å². The van der Waals surface area contributed by atoms with Gasteiger partial charge < -0.3 is 10.1 Å². The SMILES string of the molecule is CCC(C)OC(=O)c1c(NC(=O)c2cc(Br)cs2)sc2c1CCCC2. The molecule has 2 aromatic heterocycles. The highest BCUT2D eigenvalue weighted by atomic mass is 79.9. The van der Waals surface area contributed by atoms with Crippen LogP contribution < -0.4 is 5.32 Å². The van der Waals surface area contributed by atoms with Gasteiger partial charge in [0.25, 0.3) is 5.91 Å². The lowest BCUT2D eigenvalue weighted by Gasteiger charge is -2.15. The Morgan fingerprint density at radius 1 is 1.36 bits per heavy atom. The van der Waals surface area contributed by atoms with Gasteiger partial charge in [-0.05, 0) is 66.6 Å². The van der Waals surface area contributed by atoms with Gasteiger partial charge in [0.15, 0.2) is 0 Å². The van der Waals surface area contributed by atoms with E-state index in [-0.39, 0.29) is 18.0 Å². The lowest BCUT2D eigenvalue weighted by molar-refractivity contribution is 0.0335. The molecule has 25 heavy (non-hydrogen) atoms. The molecule has 1 amide bonds.